The molecule has 0 aromatic heterocycles. The van der Waals surface area contributed by atoms with Gasteiger partial charge in [0, 0.05) is 5.92 Å². The lowest BCUT2D eigenvalue weighted by molar-refractivity contribution is -0.132. The summed E-state index contributed by atoms with van der Waals surface area (Å²) in [5.74, 6) is -2.11. The minimum absolute atomic E-state index is 0.0900. The van der Waals surface area contributed by atoms with Gasteiger partial charge in [0.1, 0.15) is 5.78 Å². The molecule has 0 spiro atoms. The summed E-state index contributed by atoms with van der Waals surface area (Å²) >= 11 is 0. The van der Waals surface area contributed by atoms with E-state index in [0.717, 1.165) is 27.8 Å². The van der Waals surface area contributed by atoms with Crippen LogP contribution in [0.3, 0.4) is 0 Å². The van der Waals surface area contributed by atoms with Gasteiger partial charge in [-0.05, 0) is 53.8 Å². The number of carbonyl (C=O) groups is 3. The molecule has 3 aliphatic carbocycles. The molecule has 0 radical (unpaired) electrons. The lowest BCUT2D eigenvalue weighted by atomic mass is 9.46. The van der Waals surface area contributed by atoms with Gasteiger partial charge in [-0.2, -0.15) is 0 Å². The third kappa shape index (κ3) is 2.03. The van der Waals surface area contributed by atoms with Crippen molar-refractivity contribution in [3.63, 3.8) is 0 Å². The summed E-state index contributed by atoms with van der Waals surface area (Å²) in [4.78, 5) is 42.6. The first kappa shape index (κ1) is 18.3. The molecule has 2 amide bonds. The molecular weight excluding hydrogens is 386 g/mol. The Balaban J connectivity index is 1.68. The fourth-order valence-electron chi connectivity index (χ4n) is 6.39. The standard InChI is InChI=1S/C27H21NO3/c1-15-8-7-9-17(14-15)28-25(30)23-22-18-10-3-5-12-20(18)27(16(2)29,24(23)26(28)31)21-13-6-4-11-19(21)22/h3-14,22-24H,1-2H3/t22?,23-,24-,27?/m1/s1. The van der Waals surface area contributed by atoms with Gasteiger partial charge < -0.3 is 0 Å². The van der Waals surface area contributed by atoms with Crippen LogP contribution in [0.2, 0.25) is 0 Å². The summed E-state index contributed by atoms with van der Waals surface area (Å²) in [5.41, 5.74) is 4.14. The van der Waals surface area contributed by atoms with Crippen molar-refractivity contribution in [1.29, 1.82) is 0 Å². The molecule has 1 heterocycles. The number of benzene rings is 3. The highest BCUT2D eigenvalue weighted by Crippen LogP contribution is 2.64. The number of carbonyl (C=O) groups excluding carboxylic acids is 3. The van der Waals surface area contributed by atoms with Crippen LogP contribution in [-0.4, -0.2) is 17.6 Å². The highest BCUT2D eigenvalue weighted by molar-refractivity contribution is 6.25. The first-order chi connectivity index (χ1) is 15.0. The molecule has 152 valence electrons. The zero-order valence-corrected chi connectivity index (χ0v) is 17.3. The lowest BCUT2D eigenvalue weighted by Crippen LogP contribution is -2.57. The highest BCUT2D eigenvalue weighted by Gasteiger charge is 2.69. The molecule has 0 unspecified atom stereocenters. The molecule has 1 aliphatic heterocycles. The van der Waals surface area contributed by atoms with Crippen molar-refractivity contribution in [2.24, 2.45) is 11.8 Å². The zero-order chi connectivity index (χ0) is 21.5. The minimum Gasteiger partial charge on any atom is -0.299 e. The Morgan fingerprint density at radius 2 is 1.45 bits per heavy atom. The van der Waals surface area contributed by atoms with Crippen molar-refractivity contribution in [3.8, 4) is 0 Å². The summed E-state index contributed by atoms with van der Waals surface area (Å²) in [5, 5.41) is 0. The van der Waals surface area contributed by atoms with Gasteiger partial charge >= 0.3 is 0 Å². The molecule has 1 saturated heterocycles. The van der Waals surface area contributed by atoms with Crippen molar-refractivity contribution in [2.75, 3.05) is 4.90 Å². The minimum atomic E-state index is -1.14. The number of amides is 2. The van der Waals surface area contributed by atoms with E-state index in [2.05, 4.69) is 0 Å². The van der Waals surface area contributed by atoms with E-state index in [4.69, 9.17) is 0 Å². The fourth-order valence-corrected chi connectivity index (χ4v) is 6.39. The van der Waals surface area contributed by atoms with Gasteiger partial charge in [-0.1, -0.05) is 60.7 Å². The first-order valence-electron chi connectivity index (χ1n) is 10.6. The third-order valence-corrected chi connectivity index (χ3v) is 7.43. The Kier molecular flexibility index (Phi) is 3.54. The number of rotatable bonds is 2. The summed E-state index contributed by atoms with van der Waals surface area (Å²) in [7, 11) is 0. The van der Waals surface area contributed by atoms with Gasteiger partial charge in [0.05, 0.1) is 22.9 Å². The van der Waals surface area contributed by atoms with Crippen LogP contribution in [0.5, 0.6) is 0 Å². The molecule has 4 nitrogen and oxygen atoms in total. The maximum atomic E-state index is 13.9. The number of ketones is 1. The second-order valence-electron chi connectivity index (χ2n) is 8.87. The fraction of sp³-hybridized carbons (Fsp3) is 0.222. The summed E-state index contributed by atoms with van der Waals surface area (Å²) in [6.07, 6.45) is 0. The molecule has 31 heavy (non-hydrogen) atoms. The molecule has 2 bridgehead atoms. The zero-order valence-electron chi connectivity index (χ0n) is 17.3. The van der Waals surface area contributed by atoms with Crippen LogP contribution in [0.4, 0.5) is 5.69 Å². The predicted octanol–water partition coefficient (Wildman–Crippen LogP) is 4.13. The van der Waals surface area contributed by atoms with Crippen molar-refractivity contribution >= 4 is 23.3 Å². The average molecular weight is 407 g/mol. The maximum absolute atomic E-state index is 13.9. The van der Waals surface area contributed by atoms with Crippen molar-refractivity contribution in [1.82, 2.24) is 0 Å². The van der Waals surface area contributed by atoms with Gasteiger partial charge in [0.15, 0.2) is 0 Å². The van der Waals surface area contributed by atoms with E-state index in [1.54, 1.807) is 13.0 Å². The predicted molar refractivity (Wildman–Crippen MR) is 117 cm³/mol. The molecule has 4 heteroatoms. The molecule has 0 N–H and O–H groups in total. The van der Waals surface area contributed by atoms with Crippen LogP contribution in [0.25, 0.3) is 0 Å². The molecule has 4 aliphatic rings. The molecule has 3 aromatic rings. The Bertz CT molecular complexity index is 1260. The van der Waals surface area contributed by atoms with Gasteiger partial charge in [-0.3, -0.25) is 14.4 Å². The van der Waals surface area contributed by atoms with Gasteiger partial charge in [-0.25, -0.2) is 4.90 Å². The summed E-state index contributed by atoms with van der Waals surface area (Å²) in [6.45, 7) is 3.50. The molecule has 1 fully saturated rings. The number of anilines is 1. The molecule has 0 saturated carbocycles. The van der Waals surface area contributed by atoms with Crippen molar-refractivity contribution < 1.29 is 14.4 Å². The van der Waals surface area contributed by atoms with Crippen LogP contribution in [0.15, 0.2) is 72.8 Å². The van der Waals surface area contributed by atoms with E-state index in [1.165, 1.54) is 4.90 Å². The van der Waals surface area contributed by atoms with Crippen LogP contribution < -0.4 is 4.90 Å². The Morgan fingerprint density at radius 1 is 0.839 bits per heavy atom. The van der Waals surface area contributed by atoms with E-state index in [9.17, 15) is 14.4 Å². The third-order valence-electron chi connectivity index (χ3n) is 7.43. The second kappa shape index (κ2) is 6.01. The number of aryl methyl sites for hydroxylation is 1. The van der Waals surface area contributed by atoms with Gasteiger partial charge in [0.2, 0.25) is 11.8 Å². The van der Waals surface area contributed by atoms with Crippen LogP contribution in [0, 0.1) is 18.8 Å². The molecule has 3 aromatic carbocycles. The number of hydrogen-bond donors (Lipinski definition) is 0. The molecule has 2 atom stereocenters. The largest absolute Gasteiger partial charge is 0.299 e. The first-order valence-corrected chi connectivity index (χ1v) is 10.6. The lowest BCUT2D eigenvalue weighted by Gasteiger charge is -2.52. The smallest absolute Gasteiger partial charge is 0.239 e. The van der Waals surface area contributed by atoms with Crippen LogP contribution >= 0.6 is 0 Å². The van der Waals surface area contributed by atoms with E-state index < -0.39 is 17.3 Å². The topological polar surface area (TPSA) is 54.5 Å². The SMILES string of the molecule is CC(=O)C12c3ccccc3C(c3ccccc31)[C@H]1C(=O)N(c3cccc(C)c3)C(=O)[C@@H]12. The Hall–Kier alpha value is -3.53. The van der Waals surface area contributed by atoms with E-state index in [0.29, 0.717) is 5.69 Å². The van der Waals surface area contributed by atoms with Crippen LogP contribution in [-0.2, 0) is 19.8 Å². The van der Waals surface area contributed by atoms with Crippen molar-refractivity contribution in [2.45, 2.75) is 25.2 Å². The number of Topliss-reactive ketones (excluding diaryl/α,β-unsaturated/α-hetero) is 1. The summed E-state index contributed by atoms with van der Waals surface area (Å²) in [6, 6.07) is 23.1. The van der Waals surface area contributed by atoms with E-state index >= 15 is 0 Å². The normalized spacial score (nSPS) is 27.7. The van der Waals surface area contributed by atoms with E-state index in [1.807, 2.05) is 73.7 Å². The van der Waals surface area contributed by atoms with Gasteiger partial charge in [-0.15, -0.1) is 0 Å². The molecule has 7 rings (SSSR count). The Morgan fingerprint density at radius 3 is 2.03 bits per heavy atom. The summed E-state index contributed by atoms with van der Waals surface area (Å²) < 4.78 is 0. The van der Waals surface area contributed by atoms with E-state index in [-0.39, 0.29) is 23.5 Å². The number of hydrogen-bond acceptors (Lipinski definition) is 3. The average Bonchev–Trinajstić information content (AvgIpc) is 3.04. The number of imide groups is 1. The molecular formula is C27H21NO3. The van der Waals surface area contributed by atoms with Crippen LogP contribution in [0.1, 0.15) is 40.7 Å². The quantitative estimate of drug-likeness (QED) is 0.600. The second-order valence-corrected chi connectivity index (χ2v) is 8.87. The monoisotopic (exact) mass is 407 g/mol. The van der Waals surface area contributed by atoms with Crippen molar-refractivity contribution in [3.05, 3.63) is 101 Å². The van der Waals surface area contributed by atoms with Gasteiger partial charge in [0.25, 0.3) is 0 Å². The maximum Gasteiger partial charge on any atom is 0.239 e. The number of nitrogens with zero attached hydrogens (tertiary/aromatic N) is 1. The highest BCUT2D eigenvalue weighted by atomic mass is 16.2. The Labute approximate surface area is 180 Å².